The van der Waals surface area contributed by atoms with E-state index in [1.165, 1.54) is 31.1 Å². The lowest BCUT2D eigenvalue weighted by atomic mass is 9.63. The first-order valence-electron chi connectivity index (χ1n) is 7.81. The molecular weight excluding hydrogens is 228 g/mol. The molecule has 0 nitrogen and oxygen atoms in total. The fourth-order valence-corrected chi connectivity index (χ4v) is 4.06. The van der Waals surface area contributed by atoms with Gasteiger partial charge < -0.3 is 0 Å². The predicted molar refractivity (Wildman–Crippen MR) is 81.4 cm³/mol. The number of rotatable bonds is 2. The molecule has 5 radical (unpaired) electrons. The smallest absolute Gasteiger partial charge is 0.0161 e. The van der Waals surface area contributed by atoms with Crippen LogP contribution in [0.4, 0.5) is 0 Å². The van der Waals surface area contributed by atoms with Crippen LogP contribution in [-0.4, -0.2) is 0 Å². The molecule has 0 amide bonds. The van der Waals surface area contributed by atoms with Crippen LogP contribution in [0.25, 0.3) is 0 Å². The number of allylic oxidation sites excluding steroid dienone is 4. The molecule has 0 saturated heterocycles. The van der Waals surface area contributed by atoms with Crippen molar-refractivity contribution >= 4 is 0 Å². The van der Waals surface area contributed by atoms with Crippen LogP contribution in [0, 0.1) is 54.3 Å². The Morgan fingerprint density at radius 1 is 1.05 bits per heavy atom. The molecule has 2 saturated carbocycles. The first kappa shape index (κ1) is 13.5. The Labute approximate surface area is 119 Å². The van der Waals surface area contributed by atoms with Gasteiger partial charge in [0.25, 0.3) is 0 Å². The summed E-state index contributed by atoms with van der Waals surface area (Å²) in [6.45, 7) is 7.23. The van der Waals surface area contributed by atoms with E-state index in [0.717, 1.165) is 23.7 Å². The maximum absolute atomic E-state index is 2.43. The van der Waals surface area contributed by atoms with Gasteiger partial charge in [0.1, 0.15) is 0 Å². The summed E-state index contributed by atoms with van der Waals surface area (Å²) in [5.74, 6) is 7.83. The fraction of sp³-hybridized carbons (Fsp3) is 0.526. The quantitative estimate of drug-likeness (QED) is 0.652. The Bertz CT molecular complexity index is 362. The Kier molecular flexibility index (Phi) is 3.87. The van der Waals surface area contributed by atoms with Gasteiger partial charge in [-0.3, -0.25) is 0 Å². The van der Waals surface area contributed by atoms with E-state index in [4.69, 9.17) is 0 Å². The topological polar surface area (TPSA) is 0 Å². The molecular formula is C19H25. The maximum atomic E-state index is 2.43. The van der Waals surface area contributed by atoms with Crippen molar-refractivity contribution in [2.24, 2.45) is 23.7 Å². The van der Waals surface area contributed by atoms with Gasteiger partial charge in [0, 0.05) is 11.8 Å². The highest BCUT2D eigenvalue weighted by Gasteiger charge is 2.44. The molecule has 3 rings (SSSR count). The van der Waals surface area contributed by atoms with Crippen LogP contribution in [0.15, 0.2) is 24.3 Å². The highest BCUT2D eigenvalue weighted by molar-refractivity contribution is 5.62. The van der Waals surface area contributed by atoms with Crippen molar-refractivity contribution in [1.29, 1.82) is 0 Å². The van der Waals surface area contributed by atoms with Crippen molar-refractivity contribution < 1.29 is 0 Å². The summed E-state index contributed by atoms with van der Waals surface area (Å²) in [5, 5.41) is 0. The van der Waals surface area contributed by atoms with Crippen molar-refractivity contribution in [3.63, 3.8) is 0 Å². The first-order valence-corrected chi connectivity index (χ1v) is 7.81. The molecule has 0 bridgehead atoms. The normalized spacial score (nSPS) is 37.2. The first-order chi connectivity index (χ1) is 9.16. The van der Waals surface area contributed by atoms with Gasteiger partial charge >= 0.3 is 0 Å². The highest BCUT2D eigenvalue weighted by atomic mass is 14.5. The highest BCUT2D eigenvalue weighted by Crippen LogP contribution is 2.54. The molecule has 3 aliphatic carbocycles. The molecule has 0 N–H and O–H groups in total. The lowest BCUT2D eigenvalue weighted by Gasteiger charge is -2.42. The van der Waals surface area contributed by atoms with Crippen molar-refractivity contribution in [3.8, 4) is 0 Å². The zero-order valence-electron chi connectivity index (χ0n) is 12.4. The van der Waals surface area contributed by atoms with Crippen LogP contribution >= 0.6 is 0 Å². The molecule has 0 heteroatoms. The second kappa shape index (κ2) is 5.46. The maximum Gasteiger partial charge on any atom is 0.0161 e. The van der Waals surface area contributed by atoms with Gasteiger partial charge in [0.05, 0.1) is 0 Å². The molecule has 0 aromatic carbocycles. The van der Waals surface area contributed by atoms with Crippen molar-refractivity contribution in [1.82, 2.24) is 0 Å². The Balaban J connectivity index is 1.78. The molecule has 2 fully saturated rings. The minimum atomic E-state index is 0.767. The predicted octanol–water partition coefficient (Wildman–Crippen LogP) is 4.97. The number of hydrogen-bond donors (Lipinski definition) is 0. The lowest BCUT2D eigenvalue weighted by Crippen LogP contribution is -2.33. The second-order valence-electron chi connectivity index (χ2n) is 6.81. The van der Waals surface area contributed by atoms with Gasteiger partial charge in [-0.05, 0) is 55.3 Å². The minimum absolute atomic E-state index is 0.767. The molecule has 19 heavy (non-hydrogen) atoms. The third-order valence-electron chi connectivity index (χ3n) is 5.14. The third kappa shape index (κ3) is 2.56. The van der Waals surface area contributed by atoms with Gasteiger partial charge in [-0.25, -0.2) is 0 Å². The third-order valence-corrected chi connectivity index (χ3v) is 5.14. The van der Waals surface area contributed by atoms with E-state index in [-0.39, 0.29) is 0 Å². The largest absolute Gasteiger partial charge is 0.0762 e. The Hall–Kier alpha value is -0.520. The molecule has 0 aromatic rings. The average Bonchev–Trinajstić information content (AvgIpc) is 2.82. The Morgan fingerprint density at radius 2 is 1.84 bits per heavy atom. The van der Waals surface area contributed by atoms with Gasteiger partial charge in [0.2, 0.25) is 0 Å². The lowest BCUT2D eigenvalue weighted by molar-refractivity contribution is 0.158. The van der Waals surface area contributed by atoms with E-state index >= 15 is 0 Å². The molecule has 3 aliphatic rings. The Morgan fingerprint density at radius 3 is 2.63 bits per heavy atom. The standard InChI is InChI=1S/C19H25/c1-13(2)16-10-8-14(3)12-19(16)18-11-9-15-6-4-5-7-17(15)18/h4-7,9,11,13-14,16,19H,8,10,12H2,1-3H3/t14-,16+,19?/m0/s1. The van der Waals surface area contributed by atoms with Gasteiger partial charge in [-0.2, -0.15) is 0 Å². The molecule has 3 atom stereocenters. The minimum Gasteiger partial charge on any atom is -0.0762 e. The van der Waals surface area contributed by atoms with Crippen LogP contribution in [0.1, 0.15) is 40.0 Å². The van der Waals surface area contributed by atoms with Crippen LogP contribution in [-0.2, 0) is 0 Å². The van der Waals surface area contributed by atoms with E-state index in [1.807, 2.05) is 0 Å². The molecule has 101 valence electrons. The van der Waals surface area contributed by atoms with E-state index in [9.17, 15) is 0 Å². The molecule has 0 heterocycles. The fourth-order valence-electron chi connectivity index (χ4n) is 4.06. The van der Waals surface area contributed by atoms with Crippen LogP contribution in [0.5, 0.6) is 0 Å². The van der Waals surface area contributed by atoms with Gasteiger partial charge in [-0.15, -0.1) is 0 Å². The summed E-state index contributed by atoms with van der Waals surface area (Å²) in [6.07, 6.45) is 17.8. The summed E-state index contributed by atoms with van der Waals surface area (Å²) < 4.78 is 0. The summed E-state index contributed by atoms with van der Waals surface area (Å²) in [5.41, 5.74) is 0. The zero-order valence-corrected chi connectivity index (χ0v) is 12.4. The van der Waals surface area contributed by atoms with Crippen LogP contribution < -0.4 is 0 Å². The molecule has 1 unspecified atom stereocenters. The molecule has 0 aliphatic heterocycles. The average molecular weight is 253 g/mol. The SMILES string of the molecule is CC(C)[C@H]1CC[C@H](C)CC1[C]1[CH][CH][C]2C=CC=C[C]21. The second-order valence-corrected chi connectivity index (χ2v) is 6.81. The van der Waals surface area contributed by atoms with Gasteiger partial charge in [-0.1, -0.05) is 51.5 Å². The number of hydrogen-bond acceptors (Lipinski definition) is 0. The van der Waals surface area contributed by atoms with E-state index < -0.39 is 0 Å². The van der Waals surface area contributed by atoms with Crippen LogP contribution in [0.2, 0.25) is 0 Å². The van der Waals surface area contributed by atoms with Crippen molar-refractivity contribution in [3.05, 3.63) is 54.9 Å². The summed E-state index contributed by atoms with van der Waals surface area (Å²) in [7, 11) is 0. The summed E-state index contributed by atoms with van der Waals surface area (Å²) >= 11 is 0. The van der Waals surface area contributed by atoms with E-state index in [1.54, 1.807) is 5.92 Å². The van der Waals surface area contributed by atoms with Crippen molar-refractivity contribution in [2.45, 2.75) is 40.0 Å². The van der Waals surface area contributed by atoms with E-state index in [2.05, 4.69) is 57.9 Å². The zero-order chi connectivity index (χ0) is 13.4. The monoisotopic (exact) mass is 253 g/mol. The number of fused-ring (bicyclic) bond motifs is 1. The van der Waals surface area contributed by atoms with Crippen LogP contribution in [0.3, 0.4) is 0 Å². The molecule has 0 spiro atoms. The molecule has 0 aromatic heterocycles. The summed E-state index contributed by atoms with van der Waals surface area (Å²) in [6, 6.07) is 0. The van der Waals surface area contributed by atoms with Crippen molar-refractivity contribution in [2.75, 3.05) is 0 Å². The van der Waals surface area contributed by atoms with E-state index in [0.29, 0.717) is 0 Å². The summed E-state index contributed by atoms with van der Waals surface area (Å²) in [4.78, 5) is 0. The van der Waals surface area contributed by atoms with Gasteiger partial charge in [0.15, 0.2) is 0 Å².